The van der Waals surface area contributed by atoms with Gasteiger partial charge in [-0.2, -0.15) is 0 Å². The van der Waals surface area contributed by atoms with Crippen molar-refractivity contribution >= 4 is 34.0 Å². The first kappa shape index (κ1) is 39.6. The van der Waals surface area contributed by atoms with Crippen molar-refractivity contribution < 1.29 is 4.42 Å². The number of aryl methyl sites for hydroxylation is 1. The molecule has 282 valence electrons. The van der Waals surface area contributed by atoms with Crippen molar-refractivity contribution in [2.24, 2.45) is 5.73 Å². The highest BCUT2D eigenvalue weighted by atomic mass is 16.3. The van der Waals surface area contributed by atoms with Crippen molar-refractivity contribution in [1.29, 1.82) is 10.8 Å². The standard InChI is InChI=1S/C37H27NO.C7H8N2.C7H8.C2H6/c38-24-33-10-5-11-36-37(33)34-23-32(20-21-35(34)39-36)31-9-4-8-30(22-31)29-18-16-28(17-19-29)27-14-12-26(13-15-27)25-6-2-1-3-7-25;8-7(9)6-4-2-1-3-5-6;1-7-5-3-2-4-6-7;1-2/h1-6,8-25,38H,7H2;1-5H,(H3,8,9);2-6H,1H3;1-2H3. The Bertz CT molecular complexity index is 2600. The molecule has 1 aromatic heterocycles. The zero-order valence-corrected chi connectivity index (χ0v) is 32.8. The fourth-order valence-electron chi connectivity index (χ4n) is 6.79. The van der Waals surface area contributed by atoms with Crippen molar-refractivity contribution in [2.45, 2.75) is 33.1 Å². The number of hydrogen-bond donors (Lipinski definition) is 3. The monoisotopic (exact) mass is 743 g/mol. The van der Waals surface area contributed by atoms with Crippen molar-refractivity contribution in [3.8, 4) is 33.4 Å². The van der Waals surface area contributed by atoms with Gasteiger partial charge in [-0.3, -0.25) is 5.41 Å². The van der Waals surface area contributed by atoms with E-state index in [9.17, 15) is 0 Å². The van der Waals surface area contributed by atoms with E-state index in [1.165, 1.54) is 39.6 Å². The molecule has 0 saturated heterocycles. The predicted molar refractivity (Wildman–Crippen MR) is 244 cm³/mol. The summed E-state index contributed by atoms with van der Waals surface area (Å²) in [4.78, 5) is 0. The van der Waals surface area contributed by atoms with Crippen molar-refractivity contribution in [1.82, 2.24) is 0 Å². The number of furan rings is 1. The first-order valence-corrected chi connectivity index (χ1v) is 19.5. The highest BCUT2D eigenvalue weighted by Gasteiger charge is 2.12. The van der Waals surface area contributed by atoms with E-state index in [-0.39, 0.29) is 5.84 Å². The molecule has 4 heteroatoms. The van der Waals surface area contributed by atoms with Crippen LogP contribution in [-0.2, 0) is 0 Å². The van der Waals surface area contributed by atoms with Gasteiger partial charge in [0.15, 0.2) is 0 Å². The Balaban J connectivity index is 0.000000252. The summed E-state index contributed by atoms with van der Waals surface area (Å²) in [5.74, 6) is 0.597. The molecule has 0 amide bonds. The van der Waals surface area contributed by atoms with Crippen LogP contribution in [0.1, 0.15) is 48.4 Å². The third-order valence-electron chi connectivity index (χ3n) is 9.77. The predicted octanol–water partition coefficient (Wildman–Crippen LogP) is 14.2. The van der Waals surface area contributed by atoms with E-state index >= 15 is 0 Å². The minimum atomic E-state index is 0.121. The lowest BCUT2D eigenvalue weighted by Crippen LogP contribution is -2.10. The molecule has 4 N–H and O–H groups in total. The van der Waals surface area contributed by atoms with E-state index in [0.29, 0.717) is 5.92 Å². The van der Waals surface area contributed by atoms with Gasteiger partial charge in [-0.15, -0.1) is 0 Å². The Morgan fingerprint density at radius 1 is 0.596 bits per heavy atom. The first-order valence-electron chi connectivity index (χ1n) is 19.5. The topological polar surface area (TPSA) is 86.9 Å². The normalized spacial score (nSPS) is 12.6. The van der Waals surface area contributed by atoms with Crippen LogP contribution in [0.4, 0.5) is 0 Å². The summed E-state index contributed by atoms with van der Waals surface area (Å²) in [5.41, 5.74) is 18.3. The quantitative estimate of drug-likeness (QED) is 0.117. The molecule has 0 fully saturated rings. The summed E-state index contributed by atoms with van der Waals surface area (Å²) in [6, 6.07) is 58.2. The van der Waals surface area contributed by atoms with Crippen LogP contribution in [0.5, 0.6) is 0 Å². The first-order chi connectivity index (χ1) is 28.0. The number of nitrogen functional groups attached to an aromatic ring is 1. The largest absolute Gasteiger partial charge is 0.456 e. The zero-order valence-electron chi connectivity index (χ0n) is 32.8. The molecule has 0 aliphatic heterocycles. The fraction of sp³-hybridized carbons (Fsp3) is 0.0943. The second-order valence-electron chi connectivity index (χ2n) is 13.5. The molecule has 7 aromatic carbocycles. The number of fused-ring (bicyclic) bond motifs is 3. The maximum absolute atomic E-state index is 7.83. The molecule has 0 saturated carbocycles. The van der Waals surface area contributed by atoms with Crippen LogP contribution in [0, 0.1) is 17.7 Å². The van der Waals surface area contributed by atoms with Gasteiger partial charge in [-0.25, -0.2) is 0 Å². The van der Waals surface area contributed by atoms with E-state index in [2.05, 4.69) is 128 Å². The highest BCUT2D eigenvalue weighted by Crippen LogP contribution is 2.35. The average molecular weight is 744 g/mol. The van der Waals surface area contributed by atoms with Gasteiger partial charge >= 0.3 is 0 Å². The molecule has 1 heterocycles. The zero-order chi connectivity index (χ0) is 40.0. The molecule has 0 spiro atoms. The van der Waals surface area contributed by atoms with Gasteiger partial charge in [-0.1, -0.05) is 189 Å². The van der Waals surface area contributed by atoms with Gasteiger partial charge in [0, 0.05) is 34.0 Å². The molecule has 9 rings (SSSR count). The second-order valence-corrected chi connectivity index (χ2v) is 13.5. The molecule has 4 nitrogen and oxygen atoms in total. The van der Waals surface area contributed by atoms with Crippen molar-refractivity contribution in [2.75, 3.05) is 0 Å². The lowest BCUT2D eigenvalue weighted by atomic mass is 9.91. The molecule has 1 atom stereocenters. The van der Waals surface area contributed by atoms with E-state index in [0.717, 1.165) is 50.6 Å². The fourth-order valence-corrected chi connectivity index (χ4v) is 6.79. The van der Waals surface area contributed by atoms with Crippen LogP contribution < -0.4 is 5.73 Å². The minimum absolute atomic E-state index is 0.121. The van der Waals surface area contributed by atoms with E-state index in [4.69, 9.17) is 21.0 Å². The number of nitrogens with one attached hydrogen (secondary N) is 2. The molecule has 0 bridgehead atoms. The number of benzene rings is 7. The smallest absolute Gasteiger partial charge is 0.136 e. The number of hydrogen-bond acceptors (Lipinski definition) is 3. The van der Waals surface area contributed by atoms with Crippen LogP contribution in [-0.4, -0.2) is 12.1 Å². The number of rotatable bonds is 6. The molecule has 1 aliphatic carbocycles. The van der Waals surface area contributed by atoms with Gasteiger partial charge < -0.3 is 15.6 Å². The van der Waals surface area contributed by atoms with Gasteiger partial charge in [0.25, 0.3) is 0 Å². The summed E-state index contributed by atoms with van der Waals surface area (Å²) in [5, 5.41) is 16.9. The van der Waals surface area contributed by atoms with Crippen molar-refractivity contribution in [3.05, 3.63) is 216 Å². The Labute approximate surface area is 336 Å². The SMILES string of the molecule is CC.Cc1ccccc1.N=C(N)c1ccccc1.N=Cc1cccc2oc3ccc(-c4cccc(-c5ccc(-c6ccc(C7C=CC=CC7)cc6)cc5)c4)cc3c12. The minimum Gasteiger partial charge on any atom is -0.456 e. The third-order valence-corrected chi connectivity index (χ3v) is 9.77. The van der Waals surface area contributed by atoms with Crippen LogP contribution in [0.3, 0.4) is 0 Å². The van der Waals surface area contributed by atoms with E-state index in [1.54, 1.807) is 0 Å². The lowest BCUT2D eigenvalue weighted by molar-refractivity contribution is 0.669. The average Bonchev–Trinajstić information content (AvgIpc) is 3.67. The molecule has 57 heavy (non-hydrogen) atoms. The van der Waals surface area contributed by atoms with Crippen LogP contribution >= 0.6 is 0 Å². The Kier molecular flexibility index (Phi) is 13.6. The summed E-state index contributed by atoms with van der Waals surface area (Å²) in [6.07, 6.45) is 11.2. The van der Waals surface area contributed by atoms with Gasteiger partial charge in [-0.05, 0) is 76.6 Å². The Hall–Kier alpha value is -7.04. The molecule has 1 unspecified atom stereocenters. The number of allylic oxidation sites excluding steroid dienone is 4. The van der Waals surface area contributed by atoms with E-state index in [1.807, 2.05) is 86.6 Å². The number of amidine groups is 1. The molecule has 1 aliphatic rings. The van der Waals surface area contributed by atoms with Crippen molar-refractivity contribution in [3.63, 3.8) is 0 Å². The van der Waals surface area contributed by atoms with Gasteiger partial charge in [0.2, 0.25) is 0 Å². The van der Waals surface area contributed by atoms with Gasteiger partial charge in [0.1, 0.15) is 17.0 Å². The highest BCUT2D eigenvalue weighted by molar-refractivity contribution is 6.13. The molecular formula is C53H49N3O. The maximum atomic E-state index is 7.83. The van der Waals surface area contributed by atoms with Gasteiger partial charge in [0.05, 0.1) is 0 Å². The van der Waals surface area contributed by atoms with Crippen LogP contribution in [0.25, 0.3) is 55.3 Å². The molecule has 8 aromatic rings. The lowest BCUT2D eigenvalue weighted by Gasteiger charge is -2.14. The second kappa shape index (κ2) is 19.5. The summed E-state index contributed by atoms with van der Waals surface area (Å²) in [7, 11) is 0. The summed E-state index contributed by atoms with van der Waals surface area (Å²) >= 11 is 0. The number of nitrogens with two attached hydrogens (primary N) is 1. The summed E-state index contributed by atoms with van der Waals surface area (Å²) < 4.78 is 6.05. The Morgan fingerprint density at radius 2 is 1.16 bits per heavy atom. The van der Waals surface area contributed by atoms with E-state index < -0.39 is 0 Å². The Morgan fingerprint density at radius 3 is 1.72 bits per heavy atom. The van der Waals surface area contributed by atoms with Crippen LogP contribution in [0.15, 0.2) is 199 Å². The third kappa shape index (κ3) is 9.99. The van der Waals surface area contributed by atoms with Crippen LogP contribution in [0.2, 0.25) is 0 Å². The maximum Gasteiger partial charge on any atom is 0.136 e. The molecule has 0 radical (unpaired) electrons. The molecular weight excluding hydrogens is 695 g/mol. The summed E-state index contributed by atoms with van der Waals surface area (Å²) in [6.45, 7) is 6.08.